The molecule has 0 aliphatic carbocycles. The fourth-order valence-electron chi connectivity index (χ4n) is 3.14. The molecule has 34 heavy (non-hydrogen) atoms. The van der Waals surface area contributed by atoms with E-state index in [2.05, 4.69) is 10.5 Å². The SMILES string of the molecule is COc1ccc(OC)c(/C=N\NC(=O)CN(c2ccc(C)cc2)S(=O)(=O)c2ccc(C)cc2)c1. The second kappa shape index (κ2) is 10.8. The van der Waals surface area contributed by atoms with Crippen LogP contribution in [-0.2, 0) is 14.8 Å². The Morgan fingerprint density at radius 3 is 2.15 bits per heavy atom. The van der Waals surface area contributed by atoms with Gasteiger partial charge >= 0.3 is 0 Å². The van der Waals surface area contributed by atoms with Crippen molar-refractivity contribution in [3.63, 3.8) is 0 Å². The summed E-state index contributed by atoms with van der Waals surface area (Å²) in [5.74, 6) is 0.541. The summed E-state index contributed by atoms with van der Waals surface area (Å²) in [5, 5.41) is 3.97. The number of carbonyl (C=O) groups is 1. The topological polar surface area (TPSA) is 97.3 Å². The number of hydrazone groups is 1. The second-order valence-corrected chi connectivity index (χ2v) is 9.42. The Balaban J connectivity index is 1.84. The van der Waals surface area contributed by atoms with Crippen LogP contribution in [-0.4, -0.2) is 41.3 Å². The summed E-state index contributed by atoms with van der Waals surface area (Å²) in [6, 6.07) is 18.5. The van der Waals surface area contributed by atoms with E-state index in [1.165, 1.54) is 25.5 Å². The molecule has 1 amide bonds. The van der Waals surface area contributed by atoms with Crippen LogP contribution in [0.3, 0.4) is 0 Å². The van der Waals surface area contributed by atoms with Gasteiger partial charge in [-0.25, -0.2) is 13.8 Å². The lowest BCUT2D eigenvalue weighted by Gasteiger charge is -2.24. The molecule has 0 radical (unpaired) electrons. The van der Waals surface area contributed by atoms with Crippen LogP contribution in [0.25, 0.3) is 0 Å². The van der Waals surface area contributed by atoms with Gasteiger partial charge in [0.25, 0.3) is 15.9 Å². The molecule has 178 valence electrons. The first-order valence-corrected chi connectivity index (χ1v) is 11.9. The number of nitrogens with one attached hydrogen (secondary N) is 1. The molecular weight excluding hydrogens is 454 g/mol. The number of amides is 1. The molecular formula is C25H27N3O5S. The lowest BCUT2D eigenvalue weighted by molar-refractivity contribution is -0.119. The lowest BCUT2D eigenvalue weighted by atomic mass is 10.2. The zero-order valence-corrected chi connectivity index (χ0v) is 20.3. The van der Waals surface area contributed by atoms with E-state index in [4.69, 9.17) is 9.47 Å². The minimum atomic E-state index is -3.99. The van der Waals surface area contributed by atoms with Gasteiger partial charge in [-0.15, -0.1) is 0 Å². The number of sulfonamides is 1. The van der Waals surface area contributed by atoms with Crippen molar-refractivity contribution in [1.29, 1.82) is 0 Å². The predicted molar refractivity (Wildman–Crippen MR) is 132 cm³/mol. The maximum atomic E-state index is 13.4. The number of carbonyl (C=O) groups excluding carboxylic acids is 1. The van der Waals surface area contributed by atoms with Crippen molar-refractivity contribution in [3.05, 3.63) is 83.4 Å². The van der Waals surface area contributed by atoms with Crippen molar-refractivity contribution in [1.82, 2.24) is 5.43 Å². The summed E-state index contributed by atoms with van der Waals surface area (Å²) in [5.41, 5.74) is 5.26. The Kier molecular flexibility index (Phi) is 7.91. The van der Waals surface area contributed by atoms with Crippen LogP contribution < -0.4 is 19.2 Å². The molecule has 0 aliphatic rings. The van der Waals surface area contributed by atoms with Crippen molar-refractivity contribution in [2.45, 2.75) is 18.7 Å². The van der Waals surface area contributed by atoms with Crippen LogP contribution in [0.15, 0.2) is 76.7 Å². The number of methoxy groups -OCH3 is 2. The van der Waals surface area contributed by atoms with E-state index in [0.717, 1.165) is 15.4 Å². The van der Waals surface area contributed by atoms with Gasteiger partial charge in [-0.3, -0.25) is 9.10 Å². The number of aryl methyl sites for hydroxylation is 2. The number of ether oxygens (including phenoxy) is 2. The molecule has 3 rings (SSSR count). The third-order valence-corrected chi connectivity index (χ3v) is 6.84. The normalized spacial score (nSPS) is 11.3. The summed E-state index contributed by atoms with van der Waals surface area (Å²) < 4.78 is 38.3. The van der Waals surface area contributed by atoms with E-state index in [9.17, 15) is 13.2 Å². The van der Waals surface area contributed by atoms with Crippen molar-refractivity contribution in [2.75, 3.05) is 25.1 Å². The Morgan fingerprint density at radius 1 is 0.941 bits per heavy atom. The van der Waals surface area contributed by atoms with Gasteiger partial charge in [-0.1, -0.05) is 35.4 Å². The van der Waals surface area contributed by atoms with Crippen molar-refractivity contribution >= 4 is 27.8 Å². The van der Waals surface area contributed by atoms with Crippen LogP contribution >= 0.6 is 0 Å². The van der Waals surface area contributed by atoms with E-state index in [0.29, 0.717) is 22.7 Å². The Labute approximate surface area is 199 Å². The Morgan fingerprint density at radius 2 is 1.56 bits per heavy atom. The van der Waals surface area contributed by atoms with Crippen molar-refractivity contribution in [3.8, 4) is 11.5 Å². The van der Waals surface area contributed by atoms with Crippen molar-refractivity contribution in [2.24, 2.45) is 5.10 Å². The van der Waals surface area contributed by atoms with E-state index in [1.807, 2.05) is 13.8 Å². The van der Waals surface area contributed by atoms with Crippen LogP contribution in [0.2, 0.25) is 0 Å². The minimum absolute atomic E-state index is 0.0936. The summed E-state index contributed by atoms with van der Waals surface area (Å²) in [6.07, 6.45) is 1.41. The highest BCUT2D eigenvalue weighted by Crippen LogP contribution is 2.25. The molecule has 0 heterocycles. The molecule has 0 atom stereocenters. The van der Waals surface area contributed by atoms with Gasteiger partial charge in [0.2, 0.25) is 0 Å². The lowest BCUT2D eigenvalue weighted by Crippen LogP contribution is -2.39. The molecule has 3 aromatic rings. The van der Waals surface area contributed by atoms with Crippen LogP contribution in [0.5, 0.6) is 11.5 Å². The fraction of sp³-hybridized carbons (Fsp3) is 0.200. The molecule has 3 aromatic carbocycles. The highest BCUT2D eigenvalue weighted by molar-refractivity contribution is 7.92. The average molecular weight is 482 g/mol. The molecule has 9 heteroatoms. The first-order chi connectivity index (χ1) is 16.2. The Bertz CT molecular complexity index is 1270. The quantitative estimate of drug-likeness (QED) is 0.372. The number of hydrogen-bond donors (Lipinski definition) is 1. The molecule has 0 bridgehead atoms. The van der Waals surface area contributed by atoms with Gasteiger partial charge in [0.15, 0.2) is 0 Å². The molecule has 0 spiro atoms. The molecule has 1 N–H and O–H groups in total. The van der Waals surface area contributed by atoms with Gasteiger partial charge in [-0.05, 0) is 56.3 Å². The van der Waals surface area contributed by atoms with E-state index in [1.54, 1.807) is 61.7 Å². The molecule has 0 aromatic heterocycles. The van der Waals surface area contributed by atoms with Gasteiger partial charge in [0.05, 0.1) is 31.0 Å². The number of benzene rings is 3. The van der Waals surface area contributed by atoms with Crippen LogP contribution in [0.1, 0.15) is 16.7 Å². The summed E-state index contributed by atoms with van der Waals surface area (Å²) in [4.78, 5) is 12.8. The van der Waals surface area contributed by atoms with E-state index < -0.39 is 22.5 Å². The summed E-state index contributed by atoms with van der Waals surface area (Å²) >= 11 is 0. The van der Waals surface area contributed by atoms with Gasteiger partial charge < -0.3 is 9.47 Å². The van der Waals surface area contributed by atoms with Crippen molar-refractivity contribution < 1.29 is 22.7 Å². The summed E-state index contributed by atoms with van der Waals surface area (Å²) in [7, 11) is -0.930. The molecule has 0 aliphatic heterocycles. The van der Waals surface area contributed by atoms with E-state index in [-0.39, 0.29) is 4.90 Å². The minimum Gasteiger partial charge on any atom is -0.497 e. The largest absolute Gasteiger partial charge is 0.497 e. The smallest absolute Gasteiger partial charge is 0.264 e. The Hall–Kier alpha value is -3.85. The molecule has 8 nitrogen and oxygen atoms in total. The first kappa shape index (κ1) is 24.8. The van der Waals surface area contributed by atoms with Crippen LogP contribution in [0.4, 0.5) is 5.69 Å². The standard InChI is InChI=1S/C25H27N3O5S/c1-18-5-9-21(10-6-18)28(34(30,31)23-12-7-19(2)8-13-23)17-25(29)27-26-16-20-15-22(32-3)11-14-24(20)33-4/h5-16H,17H2,1-4H3,(H,27,29)/b26-16-. The monoisotopic (exact) mass is 481 g/mol. The van der Waals surface area contributed by atoms with Gasteiger partial charge in [0, 0.05) is 5.56 Å². The zero-order valence-electron chi connectivity index (χ0n) is 19.5. The third-order valence-electron chi connectivity index (χ3n) is 5.05. The number of nitrogens with zero attached hydrogens (tertiary/aromatic N) is 2. The average Bonchev–Trinajstić information content (AvgIpc) is 2.83. The molecule has 0 unspecified atom stereocenters. The molecule has 0 fully saturated rings. The highest BCUT2D eigenvalue weighted by Gasteiger charge is 2.27. The maximum absolute atomic E-state index is 13.4. The highest BCUT2D eigenvalue weighted by atomic mass is 32.2. The number of anilines is 1. The molecule has 0 saturated heterocycles. The second-order valence-electron chi connectivity index (χ2n) is 7.56. The maximum Gasteiger partial charge on any atom is 0.264 e. The fourth-order valence-corrected chi connectivity index (χ4v) is 4.56. The zero-order chi connectivity index (χ0) is 24.7. The van der Waals surface area contributed by atoms with Gasteiger partial charge in [-0.2, -0.15) is 5.10 Å². The van der Waals surface area contributed by atoms with Gasteiger partial charge in [0.1, 0.15) is 18.0 Å². The van der Waals surface area contributed by atoms with Crippen LogP contribution in [0, 0.1) is 13.8 Å². The summed E-state index contributed by atoms with van der Waals surface area (Å²) in [6.45, 7) is 3.32. The molecule has 0 saturated carbocycles. The third kappa shape index (κ3) is 5.93. The predicted octanol–water partition coefficient (Wildman–Crippen LogP) is 3.67. The first-order valence-electron chi connectivity index (χ1n) is 10.4. The van der Waals surface area contributed by atoms with E-state index >= 15 is 0 Å². The number of hydrogen-bond acceptors (Lipinski definition) is 6. The number of rotatable bonds is 9.